The molecule has 0 saturated carbocycles. The summed E-state index contributed by atoms with van der Waals surface area (Å²) in [5, 5.41) is 1.50. The lowest BCUT2D eigenvalue weighted by Crippen LogP contribution is -2.02. The lowest BCUT2D eigenvalue weighted by Gasteiger charge is -2.02. The van der Waals surface area contributed by atoms with Crippen molar-refractivity contribution in [3.05, 3.63) is 0 Å². The summed E-state index contributed by atoms with van der Waals surface area (Å²) in [6, 6.07) is 0. The Morgan fingerprint density at radius 2 is 1.47 bits per heavy atom. The van der Waals surface area contributed by atoms with Gasteiger partial charge < -0.3 is 0 Å². The molecule has 0 radical (unpaired) electrons. The van der Waals surface area contributed by atoms with Crippen LogP contribution >= 0.6 is 0 Å². The van der Waals surface area contributed by atoms with E-state index in [1.165, 1.54) is 24.5 Å². The van der Waals surface area contributed by atoms with Gasteiger partial charge in [-0.05, 0) is 5.92 Å². The van der Waals surface area contributed by atoms with Crippen LogP contribution in [0.5, 0.6) is 0 Å². The molecule has 0 fully saturated rings. The Morgan fingerprint density at radius 3 is 1.53 bits per heavy atom. The predicted octanol–water partition coefficient (Wildman–Crippen LogP) is 5.87. The van der Waals surface area contributed by atoms with E-state index in [2.05, 4.69) is 46.2 Å². The Labute approximate surface area is 104 Å². The zero-order valence-electron chi connectivity index (χ0n) is 11.6. The summed E-state index contributed by atoms with van der Waals surface area (Å²) in [5.41, 5.74) is 0. The summed E-state index contributed by atoms with van der Waals surface area (Å²) in [4.78, 5) is 0. The maximum atomic E-state index is 2.40. The molecule has 0 amide bonds. The van der Waals surface area contributed by atoms with Gasteiger partial charge in [0.2, 0.25) is 0 Å². The van der Waals surface area contributed by atoms with E-state index in [1.807, 2.05) is 0 Å². The van der Waals surface area contributed by atoms with E-state index in [4.69, 9.17) is 0 Å². The van der Waals surface area contributed by atoms with Gasteiger partial charge in [-0.2, -0.15) is 0 Å². The second-order valence-corrected chi connectivity index (χ2v) is 8.58. The second kappa shape index (κ2) is 14.5. The van der Waals surface area contributed by atoms with Crippen molar-refractivity contribution in [1.82, 2.24) is 0 Å². The molecule has 1 heteroatoms. The van der Waals surface area contributed by atoms with Crippen LogP contribution < -0.4 is 0 Å². The van der Waals surface area contributed by atoms with Crippen molar-refractivity contribution in [2.45, 2.75) is 78.2 Å². The van der Waals surface area contributed by atoms with Crippen molar-refractivity contribution in [3.8, 4) is 0 Å². The van der Waals surface area contributed by atoms with Crippen LogP contribution in [0, 0.1) is 11.8 Å². The quantitative estimate of drug-likeness (QED) is 0.518. The Morgan fingerprint density at radius 1 is 1.00 bits per heavy atom. The van der Waals surface area contributed by atoms with Gasteiger partial charge in [-0.15, -0.1) is 11.6 Å². The number of hydrogen-bond acceptors (Lipinski definition) is 0. The molecule has 0 aromatic rings. The van der Waals surface area contributed by atoms with E-state index < -0.39 is 0 Å². The van der Waals surface area contributed by atoms with Crippen molar-refractivity contribution < 1.29 is 0 Å². The fourth-order valence-electron chi connectivity index (χ4n) is 1.64. The fraction of sp³-hybridized carbons (Fsp3) is 1.00. The van der Waals surface area contributed by atoms with Gasteiger partial charge >= 0.3 is 0 Å². The van der Waals surface area contributed by atoms with Crippen molar-refractivity contribution in [1.29, 1.82) is 0 Å². The molecule has 0 rings (SSSR count). The average Bonchev–Trinajstić information content (AvgIpc) is 2.03. The van der Waals surface area contributed by atoms with Gasteiger partial charge in [0.05, 0.1) is 0 Å². The highest BCUT2D eigenvalue weighted by atomic mass is 27.2. The molecule has 0 nitrogen and oxygen atoms in total. The normalized spacial score (nSPS) is 11.2. The van der Waals surface area contributed by atoms with Crippen molar-refractivity contribution >= 4 is 14.1 Å². The standard InChI is InChI=1S/C7H16.C4H9.CH4.2CH3.Al/c1-4-6-7(3)5-2;1-4(2)3;;;;/h7H,4-6H2,1-3H3;4H,1H2,2-3H3;1H4;2*1H3;. The van der Waals surface area contributed by atoms with Gasteiger partial charge in [0, 0.05) is 0 Å². The number of hydrogen-bond donors (Lipinski definition) is 0. The second-order valence-electron chi connectivity index (χ2n) is 5.33. The Kier molecular flexibility index (Phi) is 20.2. The van der Waals surface area contributed by atoms with Crippen LogP contribution in [0.15, 0.2) is 0 Å². The minimum atomic E-state index is -0.228. The first-order valence-electron chi connectivity index (χ1n) is 6.43. The SMILES string of the molecule is C.CC(C)[CH2][Al]([CH3])[CH3].CCCC(C)CC. The highest BCUT2D eigenvalue weighted by Crippen LogP contribution is 2.07. The van der Waals surface area contributed by atoms with Crippen LogP contribution in [-0.4, -0.2) is 14.1 Å². The summed E-state index contributed by atoms with van der Waals surface area (Å²) in [5.74, 6) is 6.69. The Bertz CT molecular complexity index is 91.5. The summed E-state index contributed by atoms with van der Waals surface area (Å²) >= 11 is -0.228. The molecule has 0 aliphatic heterocycles. The zero-order valence-corrected chi connectivity index (χ0v) is 12.7. The molecule has 0 saturated heterocycles. The summed E-state index contributed by atoms with van der Waals surface area (Å²) in [7, 11) is 0. The van der Waals surface area contributed by atoms with Gasteiger partial charge in [0.15, 0.2) is 0 Å². The molecule has 0 aliphatic carbocycles. The van der Waals surface area contributed by atoms with E-state index in [0.717, 1.165) is 11.8 Å². The molecule has 1 atom stereocenters. The minimum Gasteiger partial charge on any atom is -0.106 e. The molecular formula is C14H35Al. The first-order valence-corrected chi connectivity index (χ1v) is 9.56. The molecule has 0 heterocycles. The lowest BCUT2D eigenvalue weighted by molar-refractivity contribution is 0.509. The van der Waals surface area contributed by atoms with Crippen LogP contribution in [0.25, 0.3) is 0 Å². The summed E-state index contributed by atoms with van der Waals surface area (Å²) in [6.45, 7) is 11.4. The molecule has 94 valence electrons. The van der Waals surface area contributed by atoms with Crippen LogP contribution in [0.3, 0.4) is 0 Å². The van der Waals surface area contributed by atoms with Crippen molar-refractivity contribution in [3.63, 3.8) is 0 Å². The topological polar surface area (TPSA) is 0 Å². The van der Waals surface area contributed by atoms with Gasteiger partial charge in [-0.3, -0.25) is 0 Å². The van der Waals surface area contributed by atoms with E-state index >= 15 is 0 Å². The average molecular weight is 230 g/mol. The minimum absolute atomic E-state index is 0. The first-order chi connectivity index (χ1) is 6.43. The van der Waals surface area contributed by atoms with Crippen LogP contribution in [0.2, 0.25) is 16.9 Å². The predicted molar refractivity (Wildman–Crippen MR) is 78.2 cm³/mol. The van der Waals surface area contributed by atoms with Crippen LogP contribution in [-0.2, 0) is 0 Å². The van der Waals surface area contributed by atoms with E-state index in [9.17, 15) is 0 Å². The zero-order chi connectivity index (χ0) is 11.6. The maximum absolute atomic E-state index is 2.40. The number of rotatable bonds is 5. The van der Waals surface area contributed by atoms with E-state index in [1.54, 1.807) is 0 Å². The highest BCUT2D eigenvalue weighted by Gasteiger charge is 2.02. The molecule has 0 aliphatic rings. The van der Waals surface area contributed by atoms with Gasteiger partial charge in [0.1, 0.15) is 0 Å². The smallest absolute Gasteiger partial charge is 0.106 e. The molecule has 15 heavy (non-hydrogen) atoms. The van der Waals surface area contributed by atoms with Crippen LogP contribution in [0.4, 0.5) is 0 Å². The molecular weight excluding hydrogens is 195 g/mol. The highest BCUT2D eigenvalue weighted by molar-refractivity contribution is 6.55. The molecule has 1 unspecified atom stereocenters. The Hall–Kier alpha value is 0.532. The molecule has 0 aromatic heterocycles. The summed E-state index contributed by atoms with van der Waals surface area (Å²) < 4.78 is 0. The Balaban J connectivity index is -0.000000180. The monoisotopic (exact) mass is 230 g/mol. The van der Waals surface area contributed by atoms with Crippen molar-refractivity contribution in [2.24, 2.45) is 11.8 Å². The molecule has 0 aromatic carbocycles. The van der Waals surface area contributed by atoms with Crippen LogP contribution in [0.1, 0.15) is 61.3 Å². The van der Waals surface area contributed by atoms with Crippen molar-refractivity contribution in [2.75, 3.05) is 0 Å². The third-order valence-electron chi connectivity index (χ3n) is 2.42. The lowest BCUT2D eigenvalue weighted by atomic mass is 10.0. The third kappa shape index (κ3) is 25.1. The van der Waals surface area contributed by atoms with Gasteiger partial charge in [-0.25, -0.2) is 0 Å². The maximum Gasteiger partial charge on any atom is 0.255 e. The van der Waals surface area contributed by atoms with E-state index in [-0.39, 0.29) is 21.6 Å². The third-order valence-corrected chi connectivity index (χ3v) is 4.31. The largest absolute Gasteiger partial charge is 0.255 e. The molecule has 0 N–H and O–H groups in total. The molecule has 0 spiro atoms. The molecule has 0 bridgehead atoms. The van der Waals surface area contributed by atoms with E-state index in [0.29, 0.717) is 0 Å². The first kappa shape index (κ1) is 20.9. The van der Waals surface area contributed by atoms with Gasteiger partial charge in [0.25, 0.3) is 14.1 Å². The summed E-state index contributed by atoms with van der Waals surface area (Å²) in [6.07, 6.45) is 4.08. The fourth-order valence-corrected chi connectivity index (χ4v) is 3.53. The van der Waals surface area contributed by atoms with Gasteiger partial charge in [-0.1, -0.05) is 72.5 Å².